The normalized spacial score (nSPS) is 12.3. The highest BCUT2D eigenvalue weighted by Crippen LogP contribution is 2.41. The zero-order valence-corrected chi connectivity index (χ0v) is 21.4. The molecular weight excluding hydrogens is 530 g/mol. The lowest BCUT2D eigenvalue weighted by molar-refractivity contribution is -0.275. The number of ether oxygens (including phenoxy) is 1. The summed E-state index contributed by atoms with van der Waals surface area (Å²) < 4.78 is 86.8. The largest absolute Gasteiger partial charge is 0.573 e. The van der Waals surface area contributed by atoms with Crippen LogP contribution in [0.2, 0.25) is 0 Å². The number of aromatic nitrogens is 2. The molecular formula is C20H20F4N4O4P2S. The Balaban J connectivity index is 2.01. The van der Waals surface area contributed by atoms with Gasteiger partial charge in [-0.15, -0.1) is 13.2 Å². The van der Waals surface area contributed by atoms with Gasteiger partial charge in [0.15, 0.2) is 10.9 Å². The number of nitrogens with zero attached hydrogens (tertiary/aromatic N) is 3. The molecule has 0 aliphatic heterocycles. The zero-order valence-electron chi connectivity index (χ0n) is 18.2. The molecule has 0 saturated carbocycles. The number of rotatable bonds is 7. The summed E-state index contributed by atoms with van der Waals surface area (Å²) in [5.41, 5.74) is 0.0888. The molecule has 1 heterocycles. The highest BCUT2D eigenvalue weighted by Gasteiger charge is 2.35. The van der Waals surface area contributed by atoms with E-state index in [9.17, 15) is 30.8 Å². The Kier molecular flexibility index (Phi) is 7.45. The molecule has 2 aromatic carbocycles. The van der Waals surface area contributed by atoms with Gasteiger partial charge in [0.2, 0.25) is 0 Å². The predicted octanol–water partition coefficient (Wildman–Crippen LogP) is 4.23. The van der Waals surface area contributed by atoms with E-state index in [0.29, 0.717) is 0 Å². The van der Waals surface area contributed by atoms with E-state index < -0.39 is 38.1 Å². The van der Waals surface area contributed by atoms with Crippen LogP contribution in [0.1, 0.15) is 16.1 Å². The lowest BCUT2D eigenvalue weighted by Gasteiger charge is -2.21. The first-order chi connectivity index (χ1) is 16.1. The Morgan fingerprint density at radius 1 is 1.11 bits per heavy atom. The number of hydrogen-bond acceptors (Lipinski definition) is 5. The molecule has 3 rings (SSSR count). The van der Waals surface area contributed by atoms with Crippen LogP contribution in [0.4, 0.5) is 28.9 Å². The summed E-state index contributed by atoms with van der Waals surface area (Å²) >= 11 is 0. The first-order valence-corrected chi connectivity index (χ1v) is 12.3. The fraction of sp³-hybridized carbons (Fsp3) is 0.200. The van der Waals surface area contributed by atoms with E-state index >= 15 is 0 Å². The van der Waals surface area contributed by atoms with Crippen molar-refractivity contribution < 1.29 is 35.5 Å². The molecule has 1 N–H and O–H groups in total. The molecule has 0 saturated heterocycles. The van der Waals surface area contributed by atoms with Gasteiger partial charge in [-0.3, -0.25) is 14.2 Å². The quantitative estimate of drug-likeness (QED) is 0.351. The van der Waals surface area contributed by atoms with E-state index in [1.54, 1.807) is 0 Å². The molecule has 0 aliphatic rings. The zero-order chi connectivity index (χ0) is 26.2. The Morgan fingerprint density at radius 2 is 1.80 bits per heavy atom. The molecule has 0 spiro atoms. The van der Waals surface area contributed by atoms with Crippen molar-refractivity contribution in [1.29, 1.82) is 0 Å². The van der Waals surface area contributed by atoms with Gasteiger partial charge in [-0.25, -0.2) is 12.8 Å². The van der Waals surface area contributed by atoms with Crippen LogP contribution >= 0.6 is 18.5 Å². The average molecular weight is 550 g/mol. The van der Waals surface area contributed by atoms with E-state index in [2.05, 4.69) is 14.6 Å². The van der Waals surface area contributed by atoms with Crippen molar-refractivity contribution in [3.8, 4) is 5.75 Å². The number of halogens is 4. The van der Waals surface area contributed by atoms with Crippen LogP contribution in [0, 0.1) is 0 Å². The Morgan fingerprint density at radius 3 is 2.37 bits per heavy atom. The summed E-state index contributed by atoms with van der Waals surface area (Å²) in [4.78, 5) is 12.9. The van der Waals surface area contributed by atoms with Crippen LogP contribution in [0.5, 0.6) is 5.75 Å². The second-order valence-electron chi connectivity index (χ2n) is 7.34. The van der Waals surface area contributed by atoms with Crippen LogP contribution in [-0.2, 0) is 22.2 Å². The number of hydrogen-bond donors (Lipinski definition) is 1. The molecule has 0 bridgehead atoms. The molecule has 2 unspecified atom stereocenters. The molecule has 3 aromatic rings. The molecule has 1 aromatic heterocycles. The monoisotopic (exact) mass is 550 g/mol. The summed E-state index contributed by atoms with van der Waals surface area (Å²) in [6, 6.07) is 9.51. The molecule has 0 radical (unpaired) electrons. The van der Waals surface area contributed by atoms with E-state index in [0.717, 1.165) is 23.1 Å². The van der Waals surface area contributed by atoms with Crippen molar-refractivity contribution in [2.75, 3.05) is 16.7 Å². The SMILES string of the molecule is CN(C(=O)c1ccnn1C)c1ccc(S(=O)(=O)Nc2cccc(C(F)(P)P)c2)c(OC(F)(F)F)c1. The Hall–Kier alpha value is -2.75. The number of carbonyl (C=O) groups excluding carboxylic acids is 1. The highest BCUT2D eigenvalue weighted by molar-refractivity contribution is 7.92. The molecule has 0 aliphatic carbocycles. The van der Waals surface area contributed by atoms with Gasteiger partial charge in [-0.05, 0) is 35.9 Å². The molecule has 188 valence electrons. The van der Waals surface area contributed by atoms with Gasteiger partial charge in [0.25, 0.3) is 15.9 Å². The van der Waals surface area contributed by atoms with Crippen LogP contribution in [-0.4, -0.2) is 37.5 Å². The number of anilines is 2. The van der Waals surface area contributed by atoms with Crippen LogP contribution in [0.25, 0.3) is 0 Å². The van der Waals surface area contributed by atoms with Gasteiger partial charge in [0.05, 0.1) is 0 Å². The number of aryl methyl sites for hydroxylation is 1. The van der Waals surface area contributed by atoms with Gasteiger partial charge in [-0.2, -0.15) is 5.10 Å². The Labute approximate surface area is 203 Å². The van der Waals surface area contributed by atoms with Crippen molar-refractivity contribution in [3.05, 3.63) is 66.0 Å². The molecule has 0 fully saturated rings. The van der Waals surface area contributed by atoms with Crippen molar-refractivity contribution in [3.63, 3.8) is 0 Å². The molecule has 8 nitrogen and oxygen atoms in total. The van der Waals surface area contributed by atoms with Crippen molar-refractivity contribution in [2.45, 2.75) is 16.4 Å². The minimum atomic E-state index is -5.22. The topological polar surface area (TPSA) is 93.5 Å². The second kappa shape index (κ2) is 9.72. The smallest absolute Gasteiger partial charge is 0.404 e. The molecule has 1 amide bonds. The third-order valence-electron chi connectivity index (χ3n) is 4.73. The molecule has 2 atom stereocenters. The summed E-state index contributed by atoms with van der Waals surface area (Å²) in [5.74, 6) is -1.65. The van der Waals surface area contributed by atoms with Crippen molar-refractivity contribution in [2.24, 2.45) is 7.05 Å². The maximum absolute atomic E-state index is 14.2. The van der Waals surface area contributed by atoms with Crippen molar-refractivity contribution >= 4 is 45.8 Å². The summed E-state index contributed by atoms with van der Waals surface area (Å²) in [5, 5.41) is 1.92. The molecule has 15 heteroatoms. The predicted molar refractivity (Wildman–Crippen MR) is 129 cm³/mol. The van der Waals surface area contributed by atoms with Crippen molar-refractivity contribution in [1.82, 2.24) is 9.78 Å². The van der Waals surface area contributed by atoms with Gasteiger partial charge in [0, 0.05) is 37.7 Å². The minimum absolute atomic E-state index is 0.0652. The fourth-order valence-corrected chi connectivity index (χ4v) is 4.55. The minimum Gasteiger partial charge on any atom is -0.404 e. The number of alkyl halides is 4. The van der Waals surface area contributed by atoms with E-state index in [4.69, 9.17) is 0 Å². The van der Waals surface area contributed by atoms with Gasteiger partial charge >= 0.3 is 6.36 Å². The third-order valence-corrected chi connectivity index (χ3v) is 6.82. The summed E-state index contributed by atoms with van der Waals surface area (Å²) in [6.45, 7) is 0. The van der Waals surface area contributed by atoms with Crippen LogP contribution in [0.15, 0.2) is 59.6 Å². The average Bonchev–Trinajstić information content (AvgIpc) is 3.16. The van der Waals surface area contributed by atoms with Gasteiger partial charge < -0.3 is 9.64 Å². The standard InChI is InChI=1S/C20H20F4N4O4P2S/c1-27(18(29)15-8-9-25-28(15)2)14-6-7-17(16(11-14)32-20(22,23)24)35(30,31)26-13-5-3-4-12(10-13)19(21,33)34/h3-11,26H,33-34H2,1-2H3. The van der Waals surface area contributed by atoms with E-state index in [-0.39, 0.29) is 22.6 Å². The van der Waals surface area contributed by atoms with Crippen LogP contribution < -0.4 is 14.4 Å². The maximum atomic E-state index is 14.2. The number of nitrogens with one attached hydrogen (secondary N) is 1. The van der Waals surface area contributed by atoms with Crippen LogP contribution in [0.3, 0.4) is 0 Å². The Bertz CT molecular complexity index is 1360. The maximum Gasteiger partial charge on any atom is 0.573 e. The lowest BCUT2D eigenvalue weighted by Crippen LogP contribution is -2.28. The summed E-state index contributed by atoms with van der Waals surface area (Å²) in [6.07, 6.45) is -3.85. The first-order valence-electron chi connectivity index (χ1n) is 9.64. The number of carbonyl (C=O) groups is 1. The lowest BCUT2D eigenvalue weighted by atomic mass is 10.2. The van der Waals surface area contributed by atoms with E-state index in [1.165, 1.54) is 55.3 Å². The summed E-state index contributed by atoms with van der Waals surface area (Å²) in [7, 11) is 2.04. The van der Waals surface area contributed by atoms with Gasteiger partial charge in [0.1, 0.15) is 10.6 Å². The van der Waals surface area contributed by atoms with E-state index in [1.807, 2.05) is 18.5 Å². The number of benzene rings is 2. The molecule has 35 heavy (non-hydrogen) atoms. The number of sulfonamides is 1. The number of amides is 1. The third kappa shape index (κ3) is 6.48. The fourth-order valence-electron chi connectivity index (χ4n) is 3.04. The second-order valence-corrected chi connectivity index (χ2v) is 11.3. The van der Waals surface area contributed by atoms with Gasteiger partial charge in [-0.1, -0.05) is 30.6 Å². The highest BCUT2D eigenvalue weighted by atomic mass is 32.2. The first kappa shape index (κ1) is 26.8.